The summed E-state index contributed by atoms with van der Waals surface area (Å²) in [5.74, 6) is 0.515. The Morgan fingerprint density at radius 3 is 2.31 bits per heavy atom. The van der Waals surface area contributed by atoms with Crippen LogP contribution in [0.25, 0.3) is 11.1 Å². The van der Waals surface area contributed by atoms with Gasteiger partial charge in [0.1, 0.15) is 11.9 Å². The minimum atomic E-state index is -0.344. The average molecular weight is 352 g/mol. The van der Waals surface area contributed by atoms with E-state index in [1.54, 1.807) is 0 Å². The Morgan fingerprint density at radius 1 is 1.00 bits per heavy atom. The predicted octanol–water partition coefficient (Wildman–Crippen LogP) is 5.80. The fourth-order valence-corrected chi connectivity index (χ4v) is 2.78. The van der Waals surface area contributed by atoms with Crippen molar-refractivity contribution in [1.82, 2.24) is 0 Å². The molecule has 0 bridgehead atoms. The molecule has 0 aliphatic heterocycles. The molecule has 0 heterocycles. The molecule has 0 saturated carbocycles. The molecule has 0 N–H and O–H groups in total. The normalized spacial score (nSPS) is 11.6. The molecule has 0 amide bonds. The van der Waals surface area contributed by atoms with E-state index in [1.165, 1.54) is 17.2 Å². The monoisotopic (exact) mass is 352 g/mol. The van der Waals surface area contributed by atoms with Crippen LogP contribution in [0.15, 0.2) is 67.3 Å². The van der Waals surface area contributed by atoms with E-state index in [0.717, 1.165) is 37.9 Å². The third kappa shape index (κ3) is 6.75. The van der Waals surface area contributed by atoms with Crippen LogP contribution in [0, 0.1) is 0 Å². The van der Waals surface area contributed by atoms with Crippen LogP contribution in [-0.2, 0) is 9.53 Å². The third-order valence-electron chi connectivity index (χ3n) is 4.23. The first-order valence-corrected chi connectivity index (χ1v) is 9.34. The molecule has 26 heavy (non-hydrogen) atoms. The smallest absolute Gasteiger partial charge is 0.330 e. The standard InChI is InChI=1S/C23H28O3/c1-3-5-12-22(26-23(24)4-2)13-9-18-25-21-16-14-20(15-17-21)19-10-7-6-8-11-19/h4,6-8,10-11,14-17,22H,2-3,5,9,12-13,18H2,1H3. The predicted molar refractivity (Wildman–Crippen MR) is 106 cm³/mol. The maximum Gasteiger partial charge on any atom is 0.330 e. The fourth-order valence-electron chi connectivity index (χ4n) is 2.78. The minimum Gasteiger partial charge on any atom is -0.494 e. The Kier molecular flexibility index (Phi) is 8.47. The number of rotatable bonds is 11. The summed E-state index contributed by atoms with van der Waals surface area (Å²) in [5.41, 5.74) is 2.37. The number of hydrogen-bond acceptors (Lipinski definition) is 3. The zero-order valence-corrected chi connectivity index (χ0v) is 15.5. The number of benzene rings is 2. The topological polar surface area (TPSA) is 35.5 Å². The molecule has 2 aromatic carbocycles. The van der Waals surface area contributed by atoms with Crippen LogP contribution in [0.3, 0.4) is 0 Å². The van der Waals surface area contributed by atoms with Gasteiger partial charge in [0.15, 0.2) is 0 Å². The van der Waals surface area contributed by atoms with Crippen LogP contribution in [0.4, 0.5) is 0 Å². The first-order valence-electron chi connectivity index (χ1n) is 9.34. The fraction of sp³-hybridized carbons (Fsp3) is 0.348. The zero-order chi connectivity index (χ0) is 18.6. The van der Waals surface area contributed by atoms with E-state index in [1.807, 2.05) is 30.3 Å². The van der Waals surface area contributed by atoms with Gasteiger partial charge in [-0.15, -0.1) is 0 Å². The molecule has 0 aromatic heterocycles. The summed E-state index contributed by atoms with van der Waals surface area (Å²) in [6, 6.07) is 18.4. The molecule has 138 valence electrons. The van der Waals surface area contributed by atoms with Crippen LogP contribution >= 0.6 is 0 Å². The summed E-state index contributed by atoms with van der Waals surface area (Å²) in [6.07, 6.45) is 5.86. The summed E-state index contributed by atoms with van der Waals surface area (Å²) in [5, 5.41) is 0. The van der Waals surface area contributed by atoms with Crippen molar-refractivity contribution in [2.45, 2.75) is 45.1 Å². The molecule has 2 rings (SSSR count). The van der Waals surface area contributed by atoms with E-state index >= 15 is 0 Å². The molecular weight excluding hydrogens is 324 g/mol. The highest BCUT2D eigenvalue weighted by Gasteiger charge is 2.12. The summed E-state index contributed by atoms with van der Waals surface area (Å²) < 4.78 is 11.2. The Labute approximate surface area is 156 Å². The van der Waals surface area contributed by atoms with Crippen LogP contribution in [-0.4, -0.2) is 18.7 Å². The molecule has 0 spiro atoms. The van der Waals surface area contributed by atoms with E-state index in [9.17, 15) is 4.79 Å². The van der Waals surface area contributed by atoms with Crippen LogP contribution < -0.4 is 4.74 Å². The van der Waals surface area contributed by atoms with Crippen LogP contribution in [0.1, 0.15) is 39.0 Å². The SMILES string of the molecule is C=CC(=O)OC(CCCC)CCCOc1ccc(-c2ccccc2)cc1. The Morgan fingerprint density at radius 2 is 1.65 bits per heavy atom. The maximum absolute atomic E-state index is 11.4. The average Bonchev–Trinajstić information content (AvgIpc) is 2.70. The highest BCUT2D eigenvalue weighted by Crippen LogP contribution is 2.22. The number of hydrogen-bond donors (Lipinski definition) is 0. The lowest BCUT2D eigenvalue weighted by Crippen LogP contribution is -2.17. The zero-order valence-electron chi connectivity index (χ0n) is 15.5. The van der Waals surface area contributed by atoms with Gasteiger partial charge in [0.25, 0.3) is 0 Å². The Hall–Kier alpha value is -2.55. The van der Waals surface area contributed by atoms with Crippen molar-refractivity contribution in [3.05, 3.63) is 67.3 Å². The van der Waals surface area contributed by atoms with Crippen molar-refractivity contribution in [3.8, 4) is 16.9 Å². The van der Waals surface area contributed by atoms with E-state index in [0.29, 0.717) is 6.61 Å². The molecule has 2 aromatic rings. The lowest BCUT2D eigenvalue weighted by Gasteiger charge is -2.17. The summed E-state index contributed by atoms with van der Waals surface area (Å²) >= 11 is 0. The molecule has 3 nitrogen and oxygen atoms in total. The second-order valence-corrected chi connectivity index (χ2v) is 6.29. The van der Waals surface area contributed by atoms with E-state index in [4.69, 9.17) is 9.47 Å². The summed E-state index contributed by atoms with van der Waals surface area (Å²) in [7, 11) is 0. The van der Waals surface area contributed by atoms with Crippen molar-refractivity contribution < 1.29 is 14.3 Å². The van der Waals surface area contributed by atoms with Gasteiger partial charge >= 0.3 is 5.97 Å². The molecule has 1 atom stereocenters. The number of carbonyl (C=O) groups excluding carboxylic acids is 1. The molecule has 0 aliphatic rings. The highest BCUT2D eigenvalue weighted by atomic mass is 16.5. The van der Waals surface area contributed by atoms with Gasteiger partial charge < -0.3 is 9.47 Å². The van der Waals surface area contributed by atoms with E-state index in [-0.39, 0.29) is 12.1 Å². The number of ether oxygens (including phenoxy) is 2. The lowest BCUT2D eigenvalue weighted by atomic mass is 10.1. The van der Waals surface area contributed by atoms with Crippen molar-refractivity contribution >= 4 is 5.97 Å². The molecule has 0 aliphatic carbocycles. The Bertz CT molecular complexity index is 662. The van der Waals surface area contributed by atoms with Crippen molar-refractivity contribution in [1.29, 1.82) is 0 Å². The largest absolute Gasteiger partial charge is 0.494 e. The molecule has 0 radical (unpaired) electrons. The van der Waals surface area contributed by atoms with Crippen molar-refractivity contribution in [2.24, 2.45) is 0 Å². The van der Waals surface area contributed by atoms with Gasteiger partial charge in [-0.2, -0.15) is 0 Å². The number of carbonyl (C=O) groups is 1. The molecular formula is C23H28O3. The summed E-state index contributed by atoms with van der Waals surface area (Å²) in [6.45, 7) is 6.20. The van der Waals surface area contributed by atoms with Crippen molar-refractivity contribution in [2.75, 3.05) is 6.61 Å². The molecule has 1 unspecified atom stereocenters. The lowest BCUT2D eigenvalue weighted by molar-refractivity contribution is -0.143. The van der Waals surface area contributed by atoms with Gasteiger partial charge in [-0.05, 0) is 42.5 Å². The van der Waals surface area contributed by atoms with Crippen LogP contribution in [0.2, 0.25) is 0 Å². The molecule has 0 fully saturated rings. The van der Waals surface area contributed by atoms with Crippen molar-refractivity contribution in [3.63, 3.8) is 0 Å². The van der Waals surface area contributed by atoms with Gasteiger partial charge in [0, 0.05) is 6.08 Å². The summed E-state index contributed by atoms with van der Waals surface area (Å²) in [4.78, 5) is 11.4. The quantitative estimate of drug-likeness (QED) is 0.291. The first-order chi connectivity index (χ1) is 12.7. The third-order valence-corrected chi connectivity index (χ3v) is 4.23. The van der Waals surface area contributed by atoms with Gasteiger partial charge in [0.05, 0.1) is 6.61 Å². The van der Waals surface area contributed by atoms with E-state index in [2.05, 4.69) is 37.8 Å². The molecule has 3 heteroatoms. The second-order valence-electron chi connectivity index (χ2n) is 6.29. The van der Waals surface area contributed by atoms with Crippen LogP contribution in [0.5, 0.6) is 5.75 Å². The molecule has 0 saturated heterocycles. The van der Waals surface area contributed by atoms with Gasteiger partial charge in [-0.3, -0.25) is 0 Å². The minimum absolute atomic E-state index is 0.0514. The van der Waals surface area contributed by atoms with Gasteiger partial charge in [0.2, 0.25) is 0 Å². The maximum atomic E-state index is 11.4. The van der Waals surface area contributed by atoms with Gasteiger partial charge in [-0.1, -0.05) is 68.8 Å². The second kappa shape index (κ2) is 11.1. The Balaban J connectivity index is 1.77. The first kappa shape index (κ1) is 19.8. The van der Waals surface area contributed by atoms with E-state index < -0.39 is 0 Å². The number of esters is 1. The van der Waals surface area contributed by atoms with Gasteiger partial charge in [-0.25, -0.2) is 4.79 Å². The number of unbranched alkanes of at least 4 members (excludes halogenated alkanes) is 1. The highest BCUT2D eigenvalue weighted by molar-refractivity contribution is 5.81.